The fourth-order valence-electron chi connectivity index (χ4n) is 4.48. The minimum Gasteiger partial charge on any atom is -0.396 e. The number of anilines is 2. The summed E-state index contributed by atoms with van der Waals surface area (Å²) in [5.41, 5.74) is 3.75. The Morgan fingerprint density at radius 3 is 2.03 bits per heavy atom. The van der Waals surface area contributed by atoms with Gasteiger partial charge in [0.25, 0.3) is 0 Å². The van der Waals surface area contributed by atoms with Gasteiger partial charge in [0.05, 0.1) is 5.69 Å². The lowest BCUT2D eigenvalue weighted by molar-refractivity contribution is 0.202. The van der Waals surface area contributed by atoms with Crippen LogP contribution in [0.3, 0.4) is 0 Å². The highest BCUT2D eigenvalue weighted by Crippen LogP contribution is 2.29. The number of piperazine rings is 1. The van der Waals surface area contributed by atoms with Crippen molar-refractivity contribution in [2.75, 3.05) is 55.7 Å². The van der Waals surface area contributed by atoms with E-state index in [0.29, 0.717) is 12.5 Å². The lowest BCUT2D eigenvalue weighted by Gasteiger charge is -2.38. The van der Waals surface area contributed by atoms with Gasteiger partial charge in [-0.1, -0.05) is 0 Å². The highest BCUT2D eigenvalue weighted by atomic mass is 16.3. The molecule has 0 radical (unpaired) electrons. The SMILES string of the molecule is Cc1nn(C)c(C)c1CN1CCN(c2nccnc2N2CCC(CO)CC2)CC1. The second-order valence-electron chi connectivity index (χ2n) is 8.35. The third kappa shape index (κ3) is 4.23. The van der Waals surface area contributed by atoms with Crippen molar-refractivity contribution in [2.24, 2.45) is 13.0 Å². The summed E-state index contributed by atoms with van der Waals surface area (Å²) in [6.07, 6.45) is 5.63. The van der Waals surface area contributed by atoms with Gasteiger partial charge in [-0.05, 0) is 32.6 Å². The molecule has 2 aromatic heterocycles. The van der Waals surface area contributed by atoms with E-state index in [9.17, 15) is 5.11 Å². The van der Waals surface area contributed by atoms with Gasteiger partial charge in [0.15, 0.2) is 11.6 Å². The summed E-state index contributed by atoms with van der Waals surface area (Å²) in [7, 11) is 2.02. The van der Waals surface area contributed by atoms with Crippen LogP contribution < -0.4 is 9.80 Å². The number of aliphatic hydroxyl groups is 1. The summed E-state index contributed by atoms with van der Waals surface area (Å²) < 4.78 is 1.98. The standard InChI is InChI=1S/C21H33N7O/c1-16-19(17(2)25(3)24-16)14-26-10-12-28(13-11-26)21-20(22-6-7-23-21)27-8-4-18(15-29)5-9-27/h6-7,18,29H,4-5,8-15H2,1-3H3. The minimum atomic E-state index is 0.291. The van der Waals surface area contributed by atoms with E-state index in [4.69, 9.17) is 4.98 Å². The van der Waals surface area contributed by atoms with Crippen molar-refractivity contribution in [1.29, 1.82) is 0 Å². The molecule has 2 aromatic rings. The normalized spacial score (nSPS) is 19.2. The summed E-state index contributed by atoms with van der Waals surface area (Å²) >= 11 is 0. The summed E-state index contributed by atoms with van der Waals surface area (Å²) in [6, 6.07) is 0. The Kier molecular flexibility index (Phi) is 6.01. The van der Waals surface area contributed by atoms with Gasteiger partial charge in [-0.2, -0.15) is 5.10 Å². The Labute approximate surface area is 173 Å². The summed E-state index contributed by atoms with van der Waals surface area (Å²) in [4.78, 5) is 16.6. The Morgan fingerprint density at radius 1 is 0.931 bits per heavy atom. The molecule has 4 rings (SSSR count). The Bertz CT molecular complexity index is 820. The van der Waals surface area contributed by atoms with Crippen LogP contribution in [0.5, 0.6) is 0 Å². The van der Waals surface area contributed by atoms with E-state index in [2.05, 4.69) is 38.6 Å². The molecule has 2 aliphatic rings. The smallest absolute Gasteiger partial charge is 0.172 e. The summed E-state index contributed by atoms with van der Waals surface area (Å²) in [5, 5.41) is 14.0. The zero-order valence-electron chi connectivity index (χ0n) is 17.9. The average Bonchev–Trinajstić information content (AvgIpc) is 3.00. The maximum Gasteiger partial charge on any atom is 0.172 e. The molecule has 2 saturated heterocycles. The number of aromatic nitrogens is 4. The fraction of sp³-hybridized carbons (Fsp3) is 0.667. The number of rotatable bonds is 5. The lowest BCUT2D eigenvalue weighted by Crippen LogP contribution is -2.47. The Balaban J connectivity index is 1.40. The molecule has 1 N–H and O–H groups in total. The molecular weight excluding hydrogens is 366 g/mol. The molecule has 0 bridgehead atoms. The highest BCUT2D eigenvalue weighted by Gasteiger charge is 2.26. The Morgan fingerprint density at radius 2 is 1.52 bits per heavy atom. The molecule has 0 aromatic carbocycles. The van der Waals surface area contributed by atoms with Crippen molar-refractivity contribution in [3.63, 3.8) is 0 Å². The maximum atomic E-state index is 9.41. The molecular formula is C21H33N7O. The first-order valence-electron chi connectivity index (χ1n) is 10.7. The Hall–Kier alpha value is -2.19. The van der Waals surface area contributed by atoms with E-state index in [1.165, 1.54) is 11.3 Å². The van der Waals surface area contributed by atoms with Gasteiger partial charge in [-0.3, -0.25) is 9.58 Å². The molecule has 29 heavy (non-hydrogen) atoms. The fourth-order valence-corrected chi connectivity index (χ4v) is 4.48. The van der Waals surface area contributed by atoms with Crippen LogP contribution in [0.25, 0.3) is 0 Å². The van der Waals surface area contributed by atoms with Gasteiger partial charge >= 0.3 is 0 Å². The quantitative estimate of drug-likeness (QED) is 0.814. The van der Waals surface area contributed by atoms with Crippen molar-refractivity contribution in [3.8, 4) is 0 Å². The van der Waals surface area contributed by atoms with Crippen LogP contribution in [0.15, 0.2) is 12.4 Å². The number of hydrogen-bond acceptors (Lipinski definition) is 7. The molecule has 4 heterocycles. The second kappa shape index (κ2) is 8.67. The van der Waals surface area contributed by atoms with E-state index in [1.807, 2.05) is 11.7 Å². The zero-order valence-corrected chi connectivity index (χ0v) is 17.9. The largest absolute Gasteiger partial charge is 0.396 e. The maximum absolute atomic E-state index is 9.41. The first kappa shape index (κ1) is 20.1. The van der Waals surface area contributed by atoms with Crippen LogP contribution in [-0.2, 0) is 13.6 Å². The van der Waals surface area contributed by atoms with Crippen molar-refractivity contribution in [2.45, 2.75) is 33.2 Å². The molecule has 8 nitrogen and oxygen atoms in total. The van der Waals surface area contributed by atoms with Crippen LogP contribution in [0.1, 0.15) is 29.8 Å². The van der Waals surface area contributed by atoms with Crippen molar-refractivity contribution in [3.05, 3.63) is 29.3 Å². The predicted molar refractivity (Wildman–Crippen MR) is 114 cm³/mol. The second-order valence-corrected chi connectivity index (χ2v) is 8.35. The van der Waals surface area contributed by atoms with Gasteiger partial charge in [-0.15, -0.1) is 0 Å². The average molecular weight is 400 g/mol. The zero-order chi connectivity index (χ0) is 20.4. The van der Waals surface area contributed by atoms with Crippen LogP contribution in [-0.4, -0.2) is 75.6 Å². The molecule has 0 spiro atoms. The van der Waals surface area contributed by atoms with E-state index < -0.39 is 0 Å². The number of hydrogen-bond donors (Lipinski definition) is 1. The van der Waals surface area contributed by atoms with E-state index >= 15 is 0 Å². The molecule has 0 unspecified atom stereocenters. The molecule has 0 saturated carbocycles. The van der Waals surface area contributed by atoms with Gasteiger partial charge in [0.1, 0.15) is 0 Å². The van der Waals surface area contributed by atoms with Gasteiger partial charge in [0, 0.05) is 83.1 Å². The summed E-state index contributed by atoms with van der Waals surface area (Å²) in [6.45, 7) is 11.3. The third-order valence-corrected chi connectivity index (χ3v) is 6.54. The molecule has 0 aliphatic carbocycles. The van der Waals surface area contributed by atoms with Crippen LogP contribution in [0.2, 0.25) is 0 Å². The number of piperidine rings is 1. The van der Waals surface area contributed by atoms with Crippen LogP contribution in [0, 0.1) is 19.8 Å². The van der Waals surface area contributed by atoms with Crippen LogP contribution in [0.4, 0.5) is 11.6 Å². The van der Waals surface area contributed by atoms with Gasteiger partial charge in [-0.25, -0.2) is 9.97 Å². The van der Waals surface area contributed by atoms with Crippen molar-refractivity contribution in [1.82, 2.24) is 24.6 Å². The minimum absolute atomic E-state index is 0.291. The van der Waals surface area contributed by atoms with Gasteiger partial charge in [0.2, 0.25) is 0 Å². The number of aliphatic hydroxyl groups excluding tert-OH is 1. The lowest BCUT2D eigenvalue weighted by atomic mass is 9.98. The molecule has 2 aliphatic heterocycles. The first-order chi connectivity index (χ1) is 14.1. The molecule has 0 amide bonds. The van der Waals surface area contributed by atoms with E-state index in [0.717, 1.165) is 76.0 Å². The van der Waals surface area contributed by atoms with Crippen LogP contribution >= 0.6 is 0 Å². The summed E-state index contributed by atoms with van der Waals surface area (Å²) in [5.74, 6) is 2.42. The molecule has 158 valence electrons. The van der Waals surface area contributed by atoms with Gasteiger partial charge < -0.3 is 14.9 Å². The number of nitrogens with zero attached hydrogens (tertiary/aromatic N) is 7. The molecule has 2 fully saturated rings. The molecule has 0 atom stereocenters. The van der Waals surface area contributed by atoms with Crippen molar-refractivity contribution < 1.29 is 5.11 Å². The highest BCUT2D eigenvalue weighted by molar-refractivity contribution is 5.62. The van der Waals surface area contributed by atoms with Crippen molar-refractivity contribution >= 4 is 11.6 Å². The molecule has 8 heteroatoms. The third-order valence-electron chi connectivity index (χ3n) is 6.54. The number of aryl methyl sites for hydroxylation is 2. The predicted octanol–water partition coefficient (Wildman–Crippen LogP) is 1.36. The monoisotopic (exact) mass is 399 g/mol. The first-order valence-corrected chi connectivity index (χ1v) is 10.7. The van der Waals surface area contributed by atoms with E-state index in [-0.39, 0.29) is 0 Å². The van der Waals surface area contributed by atoms with E-state index in [1.54, 1.807) is 12.4 Å². The topological polar surface area (TPSA) is 73.6 Å².